The molecule has 0 bridgehead atoms. The van der Waals surface area contributed by atoms with Crippen LogP contribution in [0.1, 0.15) is 33.3 Å². The zero-order chi connectivity index (χ0) is 16.9. The largest absolute Gasteiger partial charge is 0.444 e. The van der Waals surface area contributed by atoms with Crippen molar-refractivity contribution in [3.8, 4) is 0 Å². The third-order valence-corrected chi connectivity index (χ3v) is 3.71. The second-order valence-corrected chi connectivity index (χ2v) is 6.89. The molecule has 1 aromatic rings. The molecule has 0 unspecified atom stereocenters. The molecule has 0 saturated carbocycles. The Bertz CT molecular complexity index is 553. The molecule has 22 heavy (non-hydrogen) atoms. The standard InChI is InChI=1S/C16H23BrN2O3/c1-11-6-7-13(10-14(11)17)19(12(2)20)9-8-18-15(21)22-16(3,4)5/h6-7,10H,8-9H2,1-5H3,(H,18,21). The van der Waals surface area contributed by atoms with E-state index in [1.807, 2.05) is 25.1 Å². The number of halogens is 1. The number of benzene rings is 1. The van der Waals surface area contributed by atoms with Crippen molar-refractivity contribution in [2.75, 3.05) is 18.0 Å². The van der Waals surface area contributed by atoms with Gasteiger partial charge in [0.15, 0.2) is 0 Å². The van der Waals surface area contributed by atoms with Crippen LogP contribution in [0.4, 0.5) is 10.5 Å². The Hall–Kier alpha value is -1.56. The summed E-state index contributed by atoms with van der Waals surface area (Å²) in [6.07, 6.45) is -0.485. The molecule has 5 nitrogen and oxygen atoms in total. The van der Waals surface area contributed by atoms with Crippen molar-refractivity contribution >= 4 is 33.6 Å². The molecular formula is C16H23BrN2O3. The first-order chi connectivity index (χ1) is 10.1. The van der Waals surface area contributed by atoms with E-state index < -0.39 is 11.7 Å². The van der Waals surface area contributed by atoms with Crippen molar-refractivity contribution in [3.63, 3.8) is 0 Å². The van der Waals surface area contributed by atoms with Crippen LogP contribution in [0.5, 0.6) is 0 Å². The molecule has 0 saturated heterocycles. The highest BCUT2D eigenvalue weighted by Gasteiger charge is 2.17. The average Bonchev–Trinajstić information content (AvgIpc) is 2.35. The Morgan fingerprint density at radius 2 is 1.95 bits per heavy atom. The Kier molecular flexibility index (Phi) is 6.41. The monoisotopic (exact) mass is 370 g/mol. The van der Waals surface area contributed by atoms with E-state index in [0.29, 0.717) is 13.1 Å². The highest BCUT2D eigenvalue weighted by Crippen LogP contribution is 2.23. The minimum Gasteiger partial charge on any atom is -0.444 e. The van der Waals surface area contributed by atoms with Crippen LogP contribution >= 0.6 is 15.9 Å². The molecule has 0 aromatic heterocycles. The van der Waals surface area contributed by atoms with E-state index in [1.165, 1.54) is 6.92 Å². The van der Waals surface area contributed by atoms with Gasteiger partial charge in [0.25, 0.3) is 0 Å². The Morgan fingerprint density at radius 3 is 2.45 bits per heavy atom. The molecular weight excluding hydrogens is 348 g/mol. The number of carbonyl (C=O) groups is 2. The Labute approximate surface area is 140 Å². The highest BCUT2D eigenvalue weighted by atomic mass is 79.9. The molecule has 0 aliphatic rings. The molecule has 1 N–H and O–H groups in total. The summed E-state index contributed by atoms with van der Waals surface area (Å²) >= 11 is 3.46. The Morgan fingerprint density at radius 1 is 1.32 bits per heavy atom. The molecule has 122 valence electrons. The van der Waals surface area contributed by atoms with Gasteiger partial charge in [0.1, 0.15) is 5.60 Å². The quantitative estimate of drug-likeness (QED) is 0.879. The molecule has 2 amide bonds. The summed E-state index contributed by atoms with van der Waals surface area (Å²) < 4.78 is 6.10. The predicted octanol–water partition coefficient (Wildman–Crippen LogP) is 3.64. The summed E-state index contributed by atoms with van der Waals surface area (Å²) in [5.41, 5.74) is 1.35. The number of anilines is 1. The van der Waals surface area contributed by atoms with E-state index in [9.17, 15) is 9.59 Å². The van der Waals surface area contributed by atoms with Crippen LogP contribution in [-0.2, 0) is 9.53 Å². The first-order valence-electron chi connectivity index (χ1n) is 7.11. The Balaban J connectivity index is 2.64. The lowest BCUT2D eigenvalue weighted by Gasteiger charge is -2.23. The molecule has 0 aliphatic heterocycles. The minimum absolute atomic E-state index is 0.0817. The maximum atomic E-state index is 11.8. The van der Waals surface area contributed by atoms with E-state index in [4.69, 9.17) is 4.74 Å². The second-order valence-electron chi connectivity index (χ2n) is 6.03. The summed E-state index contributed by atoms with van der Waals surface area (Å²) in [6, 6.07) is 5.72. The molecule has 1 rings (SSSR count). The molecule has 0 fully saturated rings. The fourth-order valence-electron chi connectivity index (χ4n) is 1.80. The highest BCUT2D eigenvalue weighted by molar-refractivity contribution is 9.10. The molecule has 0 heterocycles. The van der Waals surface area contributed by atoms with Crippen molar-refractivity contribution in [2.24, 2.45) is 0 Å². The van der Waals surface area contributed by atoms with E-state index in [2.05, 4.69) is 21.2 Å². The summed E-state index contributed by atoms with van der Waals surface area (Å²) in [6.45, 7) is 9.59. The number of aryl methyl sites for hydroxylation is 1. The van der Waals surface area contributed by atoms with Crippen LogP contribution in [0.3, 0.4) is 0 Å². The maximum absolute atomic E-state index is 11.8. The van der Waals surface area contributed by atoms with E-state index in [0.717, 1.165) is 15.7 Å². The van der Waals surface area contributed by atoms with Crippen LogP contribution in [0.2, 0.25) is 0 Å². The summed E-state index contributed by atoms with van der Waals surface area (Å²) in [7, 11) is 0. The summed E-state index contributed by atoms with van der Waals surface area (Å²) in [4.78, 5) is 25.0. The minimum atomic E-state index is -0.536. The number of carbonyl (C=O) groups excluding carboxylic acids is 2. The first kappa shape index (κ1) is 18.5. The number of alkyl carbamates (subject to hydrolysis) is 1. The van der Waals surface area contributed by atoms with E-state index in [1.54, 1.807) is 25.7 Å². The maximum Gasteiger partial charge on any atom is 0.407 e. The van der Waals surface area contributed by atoms with Gasteiger partial charge in [-0.15, -0.1) is 0 Å². The summed E-state index contributed by atoms with van der Waals surface area (Å²) in [5.74, 6) is -0.0817. The van der Waals surface area contributed by atoms with E-state index in [-0.39, 0.29) is 5.91 Å². The van der Waals surface area contributed by atoms with Crippen LogP contribution < -0.4 is 10.2 Å². The van der Waals surface area contributed by atoms with Gasteiger partial charge in [-0.2, -0.15) is 0 Å². The first-order valence-corrected chi connectivity index (χ1v) is 7.90. The smallest absolute Gasteiger partial charge is 0.407 e. The third kappa shape index (κ3) is 6.05. The molecule has 1 aromatic carbocycles. The lowest BCUT2D eigenvalue weighted by Crippen LogP contribution is -2.39. The van der Waals surface area contributed by atoms with Gasteiger partial charge in [0, 0.05) is 30.2 Å². The van der Waals surface area contributed by atoms with Gasteiger partial charge in [-0.3, -0.25) is 4.79 Å². The number of hydrogen-bond acceptors (Lipinski definition) is 3. The summed E-state index contributed by atoms with van der Waals surface area (Å²) in [5, 5.41) is 2.65. The number of amides is 2. The van der Waals surface area contributed by atoms with Gasteiger partial charge in [-0.1, -0.05) is 22.0 Å². The lowest BCUT2D eigenvalue weighted by molar-refractivity contribution is -0.116. The van der Waals surface area contributed by atoms with Crippen molar-refractivity contribution in [3.05, 3.63) is 28.2 Å². The van der Waals surface area contributed by atoms with Crippen LogP contribution in [0.15, 0.2) is 22.7 Å². The fraction of sp³-hybridized carbons (Fsp3) is 0.500. The lowest BCUT2D eigenvalue weighted by atomic mass is 10.2. The number of nitrogens with one attached hydrogen (secondary N) is 1. The van der Waals surface area contributed by atoms with Gasteiger partial charge in [-0.05, 0) is 45.4 Å². The number of nitrogens with zero attached hydrogens (tertiary/aromatic N) is 1. The average molecular weight is 371 g/mol. The zero-order valence-electron chi connectivity index (χ0n) is 13.7. The third-order valence-electron chi connectivity index (χ3n) is 2.85. The van der Waals surface area contributed by atoms with Crippen molar-refractivity contribution in [1.29, 1.82) is 0 Å². The van der Waals surface area contributed by atoms with Crippen LogP contribution in [-0.4, -0.2) is 30.7 Å². The second kappa shape index (κ2) is 7.63. The number of ether oxygens (including phenoxy) is 1. The normalized spacial score (nSPS) is 11.0. The number of hydrogen-bond donors (Lipinski definition) is 1. The van der Waals surface area contributed by atoms with Crippen molar-refractivity contribution in [1.82, 2.24) is 5.32 Å². The van der Waals surface area contributed by atoms with Crippen LogP contribution in [0, 0.1) is 6.92 Å². The van der Waals surface area contributed by atoms with Crippen molar-refractivity contribution < 1.29 is 14.3 Å². The van der Waals surface area contributed by atoms with Gasteiger partial charge >= 0.3 is 6.09 Å². The molecule has 0 aliphatic carbocycles. The SMILES string of the molecule is CC(=O)N(CCNC(=O)OC(C)(C)C)c1ccc(C)c(Br)c1. The van der Waals surface area contributed by atoms with Gasteiger partial charge in [0.2, 0.25) is 5.91 Å². The van der Waals surface area contributed by atoms with Gasteiger partial charge < -0.3 is 15.0 Å². The van der Waals surface area contributed by atoms with Crippen LogP contribution in [0.25, 0.3) is 0 Å². The molecule has 0 radical (unpaired) electrons. The van der Waals surface area contributed by atoms with E-state index >= 15 is 0 Å². The van der Waals surface area contributed by atoms with Crippen molar-refractivity contribution in [2.45, 2.75) is 40.2 Å². The van der Waals surface area contributed by atoms with Gasteiger partial charge in [0.05, 0.1) is 0 Å². The van der Waals surface area contributed by atoms with Gasteiger partial charge in [-0.25, -0.2) is 4.79 Å². The topological polar surface area (TPSA) is 58.6 Å². The molecule has 0 spiro atoms. The fourth-order valence-corrected chi connectivity index (χ4v) is 2.17. The zero-order valence-corrected chi connectivity index (χ0v) is 15.3. The molecule has 6 heteroatoms. The predicted molar refractivity (Wildman–Crippen MR) is 91.1 cm³/mol. The number of rotatable bonds is 4. The molecule has 0 atom stereocenters.